The zero-order chi connectivity index (χ0) is 10.0. The van der Waals surface area contributed by atoms with Crippen LogP contribution in [0.4, 0.5) is 0 Å². The topological polar surface area (TPSA) is 20.2 Å². The van der Waals surface area contributed by atoms with Crippen LogP contribution in [-0.4, -0.2) is 11.2 Å². The summed E-state index contributed by atoms with van der Waals surface area (Å²) in [6.07, 6.45) is 12.5. The van der Waals surface area contributed by atoms with Gasteiger partial charge in [-0.3, -0.25) is 0 Å². The van der Waals surface area contributed by atoms with E-state index in [1.807, 2.05) is 0 Å². The summed E-state index contributed by atoms with van der Waals surface area (Å²) in [5.41, 5.74) is 1.63. The smallest absolute Gasteiger partial charge is 0.0934 e. The van der Waals surface area contributed by atoms with Gasteiger partial charge in [0.1, 0.15) is 0 Å². The molecule has 2 aliphatic carbocycles. The van der Waals surface area contributed by atoms with E-state index in [1.165, 1.54) is 44.1 Å². The fourth-order valence-electron chi connectivity index (χ4n) is 3.21. The van der Waals surface area contributed by atoms with Gasteiger partial charge in [-0.15, -0.1) is 6.58 Å². The van der Waals surface area contributed by atoms with E-state index in [-0.39, 0.29) is 0 Å². The minimum absolute atomic E-state index is 0.353. The van der Waals surface area contributed by atoms with Gasteiger partial charge in [0.2, 0.25) is 0 Å². The largest absolute Gasteiger partial charge is 0.385 e. The van der Waals surface area contributed by atoms with Crippen LogP contribution in [0.15, 0.2) is 24.3 Å². The van der Waals surface area contributed by atoms with Gasteiger partial charge in [0, 0.05) is 0 Å². The Bertz CT molecular complexity index is 246. The van der Waals surface area contributed by atoms with Crippen LogP contribution in [-0.2, 0) is 0 Å². The third kappa shape index (κ3) is 1.54. The number of allylic oxidation sites excluding steroid dienone is 1. The van der Waals surface area contributed by atoms with Crippen LogP contribution in [0.25, 0.3) is 0 Å². The number of rotatable bonds is 2. The van der Waals surface area contributed by atoms with Crippen molar-refractivity contribution in [3.63, 3.8) is 0 Å². The molecule has 2 aliphatic rings. The maximum Gasteiger partial charge on any atom is 0.0934 e. The first-order valence-corrected chi connectivity index (χ1v) is 5.80. The summed E-state index contributed by atoms with van der Waals surface area (Å²) in [5.74, 6) is 0. The Kier molecular flexibility index (Phi) is 2.78. The van der Waals surface area contributed by atoms with Crippen LogP contribution in [0, 0.1) is 5.41 Å². The maximum atomic E-state index is 9.92. The van der Waals surface area contributed by atoms with Crippen LogP contribution in [0.5, 0.6) is 0 Å². The lowest BCUT2D eigenvalue weighted by Gasteiger charge is -2.37. The predicted molar refractivity (Wildman–Crippen MR) is 59.0 cm³/mol. The Morgan fingerprint density at radius 1 is 1.29 bits per heavy atom. The van der Waals surface area contributed by atoms with E-state index in [0.717, 1.165) is 6.42 Å². The highest BCUT2D eigenvalue weighted by atomic mass is 16.3. The number of aliphatic hydroxyl groups excluding tert-OH is 1. The average molecular weight is 192 g/mol. The molecule has 0 heterocycles. The fraction of sp³-hybridized carbons (Fsp3) is 0.692. The summed E-state index contributed by atoms with van der Waals surface area (Å²) in [7, 11) is 0. The highest BCUT2D eigenvalue weighted by Crippen LogP contribution is 2.51. The second-order valence-corrected chi connectivity index (χ2v) is 4.72. The standard InChI is InChI=1S/C13H20O/c1-2-12(14)11-7-3-4-8-13(11)9-5-6-10-13/h2,7,12,14H,1,3-6,8-10H2. The van der Waals surface area contributed by atoms with Crippen molar-refractivity contribution < 1.29 is 5.11 Å². The van der Waals surface area contributed by atoms with Crippen molar-refractivity contribution in [2.45, 2.75) is 51.0 Å². The molecule has 0 aromatic rings. The summed E-state index contributed by atoms with van der Waals surface area (Å²) in [6.45, 7) is 3.70. The Balaban J connectivity index is 2.25. The molecule has 1 saturated carbocycles. The SMILES string of the molecule is C=CC(O)C1=CCCCC12CCCC2. The fourth-order valence-corrected chi connectivity index (χ4v) is 3.21. The molecule has 2 rings (SSSR count). The van der Waals surface area contributed by atoms with Gasteiger partial charge in [0.15, 0.2) is 0 Å². The van der Waals surface area contributed by atoms with Crippen molar-refractivity contribution >= 4 is 0 Å². The van der Waals surface area contributed by atoms with Crippen molar-refractivity contribution in [1.82, 2.24) is 0 Å². The molecule has 1 nitrogen and oxygen atoms in total. The second kappa shape index (κ2) is 3.90. The quantitative estimate of drug-likeness (QED) is 0.666. The van der Waals surface area contributed by atoms with Gasteiger partial charge in [-0.2, -0.15) is 0 Å². The van der Waals surface area contributed by atoms with Crippen LogP contribution < -0.4 is 0 Å². The minimum Gasteiger partial charge on any atom is -0.385 e. The first-order valence-electron chi connectivity index (χ1n) is 5.80. The van der Waals surface area contributed by atoms with Crippen molar-refractivity contribution in [1.29, 1.82) is 0 Å². The highest BCUT2D eigenvalue weighted by Gasteiger charge is 2.40. The average Bonchev–Trinajstić information content (AvgIpc) is 2.67. The Morgan fingerprint density at radius 3 is 2.57 bits per heavy atom. The normalized spacial score (nSPS) is 27.4. The lowest BCUT2D eigenvalue weighted by atomic mass is 9.69. The first-order chi connectivity index (χ1) is 6.78. The van der Waals surface area contributed by atoms with Gasteiger partial charge in [-0.1, -0.05) is 25.0 Å². The van der Waals surface area contributed by atoms with E-state index in [1.54, 1.807) is 6.08 Å². The third-order valence-corrected chi connectivity index (χ3v) is 3.94. The number of hydrogen-bond donors (Lipinski definition) is 1. The van der Waals surface area contributed by atoms with Gasteiger partial charge in [-0.25, -0.2) is 0 Å². The lowest BCUT2D eigenvalue weighted by molar-refractivity contribution is 0.193. The molecule has 0 aromatic carbocycles. The molecule has 0 aromatic heterocycles. The summed E-state index contributed by atoms with van der Waals surface area (Å²) < 4.78 is 0. The molecule has 1 unspecified atom stereocenters. The van der Waals surface area contributed by atoms with E-state index >= 15 is 0 Å². The summed E-state index contributed by atoms with van der Waals surface area (Å²) >= 11 is 0. The molecular formula is C13H20O. The molecule has 0 aliphatic heterocycles. The molecule has 1 atom stereocenters. The Morgan fingerprint density at radius 2 is 1.93 bits per heavy atom. The van der Waals surface area contributed by atoms with Crippen LogP contribution in [0.2, 0.25) is 0 Å². The zero-order valence-corrected chi connectivity index (χ0v) is 8.84. The Labute approximate surface area is 86.5 Å². The predicted octanol–water partition coefficient (Wildman–Crippen LogP) is 3.20. The minimum atomic E-state index is -0.395. The van der Waals surface area contributed by atoms with Gasteiger partial charge < -0.3 is 5.11 Å². The Hall–Kier alpha value is -0.560. The van der Waals surface area contributed by atoms with E-state index in [2.05, 4.69) is 12.7 Å². The van der Waals surface area contributed by atoms with Gasteiger partial charge in [-0.05, 0) is 43.1 Å². The molecular weight excluding hydrogens is 172 g/mol. The summed E-state index contributed by atoms with van der Waals surface area (Å²) in [5, 5.41) is 9.92. The molecule has 1 heteroatoms. The molecule has 14 heavy (non-hydrogen) atoms. The third-order valence-electron chi connectivity index (χ3n) is 3.94. The first kappa shape index (κ1) is 9.97. The van der Waals surface area contributed by atoms with Crippen LogP contribution >= 0.6 is 0 Å². The molecule has 0 amide bonds. The molecule has 1 fully saturated rings. The lowest BCUT2D eigenvalue weighted by Crippen LogP contribution is -2.29. The highest BCUT2D eigenvalue weighted by molar-refractivity contribution is 5.26. The van der Waals surface area contributed by atoms with Crippen molar-refractivity contribution in [3.8, 4) is 0 Å². The van der Waals surface area contributed by atoms with Crippen LogP contribution in [0.1, 0.15) is 44.9 Å². The zero-order valence-electron chi connectivity index (χ0n) is 8.84. The molecule has 1 spiro atoms. The molecule has 1 N–H and O–H groups in total. The van der Waals surface area contributed by atoms with Gasteiger partial charge in [0.25, 0.3) is 0 Å². The van der Waals surface area contributed by atoms with Crippen molar-refractivity contribution in [2.24, 2.45) is 5.41 Å². The van der Waals surface area contributed by atoms with Crippen molar-refractivity contribution in [2.75, 3.05) is 0 Å². The molecule has 0 saturated heterocycles. The van der Waals surface area contributed by atoms with Gasteiger partial charge >= 0.3 is 0 Å². The monoisotopic (exact) mass is 192 g/mol. The van der Waals surface area contributed by atoms with E-state index in [4.69, 9.17) is 0 Å². The number of hydrogen-bond acceptors (Lipinski definition) is 1. The molecule has 78 valence electrons. The van der Waals surface area contributed by atoms with E-state index < -0.39 is 6.10 Å². The second-order valence-electron chi connectivity index (χ2n) is 4.72. The summed E-state index contributed by atoms with van der Waals surface area (Å²) in [4.78, 5) is 0. The van der Waals surface area contributed by atoms with E-state index in [0.29, 0.717) is 5.41 Å². The number of aliphatic hydroxyl groups is 1. The van der Waals surface area contributed by atoms with Crippen molar-refractivity contribution in [3.05, 3.63) is 24.3 Å². The maximum absolute atomic E-state index is 9.92. The summed E-state index contributed by atoms with van der Waals surface area (Å²) in [6, 6.07) is 0. The van der Waals surface area contributed by atoms with Gasteiger partial charge in [0.05, 0.1) is 6.10 Å². The molecule has 0 radical (unpaired) electrons. The van der Waals surface area contributed by atoms with E-state index in [9.17, 15) is 5.11 Å². The van der Waals surface area contributed by atoms with Crippen LogP contribution in [0.3, 0.4) is 0 Å². The molecule has 0 bridgehead atoms.